The maximum Gasteiger partial charge on any atom is 0.433 e. The van der Waals surface area contributed by atoms with Crippen LogP contribution in [0.25, 0.3) is 0 Å². The number of hydrogen-bond acceptors (Lipinski definition) is 5. The van der Waals surface area contributed by atoms with Crippen molar-refractivity contribution in [3.8, 4) is 0 Å². The third-order valence-corrected chi connectivity index (χ3v) is 5.80. The van der Waals surface area contributed by atoms with Crippen molar-refractivity contribution in [2.75, 3.05) is 18.0 Å². The Bertz CT molecular complexity index is 850. The molecule has 2 aromatic rings. The Morgan fingerprint density at radius 2 is 1.87 bits per heavy atom. The second-order valence-corrected chi connectivity index (χ2v) is 9.23. The third kappa shape index (κ3) is 6.35. The number of anilines is 1. The first-order valence-electron chi connectivity index (χ1n) is 9.90. The molecular weight excluding hydrogens is 413 g/mol. The lowest BCUT2D eigenvalue weighted by atomic mass is 10.0. The van der Waals surface area contributed by atoms with Crippen LogP contribution in [-0.2, 0) is 17.4 Å². The molecule has 0 radical (unpaired) electrons. The van der Waals surface area contributed by atoms with Gasteiger partial charge in [0.25, 0.3) is 0 Å². The first kappa shape index (κ1) is 22.4. The number of carbonyl (C=O) groups is 1. The maximum absolute atomic E-state index is 12.8. The molecule has 1 fully saturated rings. The van der Waals surface area contributed by atoms with Crippen molar-refractivity contribution in [2.45, 2.75) is 55.5 Å². The summed E-state index contributed by atoms with van der Waals surface area (Å²) in [5.74, 6) is 0.223. The second kappa shape index (κ2) is 9.68. The molecule has 0 saturated carbocycles. The van der Waals surface area contributed by atoms with Crippen molar-refractivity contribution in [3.63, 3.8) is 0 Å². The van der Waals surface area contributed by atoms with Crippen LogP contribution < -0.4 is 10.2 Å². The summed E-state index contributed by atoms with van der Waals surface area (Å²) in [6, 6.07) is 8.99. The number of benzene rings is 1. The molecule has 2 heterocycles. The van der Waals surface area contributed by atoms with E-state index < -0.39 is 11.9 Å². The molecule has 1 amide bonds. The molecule has 30 heavy (non-hydrogen) atoms. The van der Waals surface area contributed by atoms with Gasteiger partial charge in [-0.15, -0.1) is 11.8 Å². The van der Waals surface area contributed by atoms with E-state index in [0.717, 1.165) is 18.0 Å². The normalized spacial score (nSPS) is 15.5. The van der Waals surface area contributed by atoms with Gasteiger partial charge in [-0.2, -0.15) is 13.2 Å². The highest BCUT2D eigenvalue weighted by Gasteiger charge is 2.33. The van der Waals surface area contributed by atoms with Crippen LogP contribution in [0.3, 0.4) is 0 Å². The minimum Gasteiger partial charge on any atom is -0.356 e. The van der Waals surface area contributed by atoms with Gasteiger partial charge in [0.1, 0.15) is 17.8 Å². The Balaban J connectivity index is 1.48. The Morgan fingerprint density at radius 3 is 2.47 bits per heavy atom. The second-order valence-electron chi connectivity index (χ2n) is 7.58. The van der Waals surface area contributed by atoms with E-state index in [1.54, 1.807) is 16.7 Å². The standard InChI is InChI=1S/C21H25F3N4OS/c1-14(2)30-17-5-3-15(4-6-17)11-20(29)27-16-7-9-28(10-8-16)19-12-18(21(22,23)24)25-13-26-19/h3-6,12-14,16H,7-11H2,1-2H3,(H,27,29). The summed E-state index contributed by atoms with van der Waals surface area (Å²) in [5.41, 5.74) is 0.0134. The van der Waals surface area contributed by atoms with Crippen LogP contribution in [-0.4, -0.2) is 40.3 Å². The van der Waals surface area contributed by atoms with E-state index in [1.165, 1.54) is 4.90 Å². The maximum atomic E-state index is 12.8. The van der Waals surface area contributed by atoms with Gasteiger partial charge < -0.3 is 10.2 Å². The Labute approximate surface area is 178 Å². The zero-order chi connectivity index (χ0) is 21.7. The van der Waals surface area contributed by atoms with E-state index in [1.807, 2.05) is 24.3 Å². The molecule has 1 aromatic carbocycles. The Morgan fingerprint density at radius 1 is 1.20 bits per heavy atom. The fourth-order valence-electron chi connectivity index (χ4n) is 3.35. The van der Waals surface area contributed by atoms with Crippen molar-refractivity contribution >= 4 is 23.5 Å². The summed E-state index contributed by atoms with van der Waals surface area (Å²) in [6.07, 6.45) is -1.93. The van der Waals surface area contributed by atoms with Gasteiger partial charge in [0, 0.05) is 35.3 Å². The summed E-state index contributed by atoms with van der Waals surface area (Å²) in [4.78, 5) is 22.6. The SMILES string of the molecule is CC(C)Sc1ccc(CC(=O)NC2CCN(c3cc(C(F)(F)F)ncn3)CC2)cc1. The molecule has 5 nitrogen and oxygen atoms in total. The zero-order valence-corrected chi connectivity index (χ0v) is 17.8. The minimum atomic E-state index is -4.49. The van der Waals surface area contributed by atoms with Crippen LogP contribution in [0.1, 0.15) is 37.9 Å². The fraction of sp³-hybridized carbons (Fsp3) is 0.476. The van der Waals surface area contributed by atoms with E-state index in [-0.39, 0.29) is 17.8 Å². The van der Waals surface area contributed by atoms with Gasteiger partial charge in [-0.05, 0) is 30.5 Å². The molecule has 9 heteroatoms. The van der Waals surface area contributed by atoms with E-state index in [4.69, 9.17) is 0 Å². The van der Waals surface area contributed by atoms with Crippen molar-refractivity contribution in [1.29, 1.82) is 0 Å². The topological polar surface area (TPSA) is 58.1 Å². The molecule has 1 aromatic heterocycles. The Hall–Kier alpha value is -2.29. The summed E-state index contributed by atoms with van der Waals surface area (Å²) in [5, 5.41) is 3.55. The molecule has 1 aliphatic rings. The van der Waals surface area contributed by atoms with Gasteiger partial charge in [0.05, 0.1) is 6.42 Å². The van der Waals surface area contributed by atoms with E-state index in [2.05, 4.69) is 29.1 Å². The molecule has 0 bridgehead atoms. The predicted molar refractivity (Wildman–Crippen MR) is 112 cm³/mol. The largest absolute Gasteiger partial charge is 0.433 e. The van der Waals surface area contributed by atoms with Gasteiger partial charge in [0.2, 0.25) is 5.91 Å². The first-order chi connectivity index (χ1) is 14.2. The number of thioether (sulfide) groups is 1. The molecule has 1 saturated heterocycles. The summed E-state index contributed by atoms with van der Waals surface area (Å²) >= 11 is 1.78. The minimum absolute atomic E-state index is 0.00782. The number of nitrogens with zero attached hydrogens (tertiary/aromatic N) is 3. The van der Waals surface area contributed by atoms with Crippen molar-refractivity contribution in [2.24, 2.45) is 0 Å². The summed E-state index contributed by atoms with van der Waals surface area (Å²) in [6.45, 7) is 5.33. The average Bonchev–Trinajstić information content (AvgIpc) is 2.69. The molecule has 162 valence electrons. The van der Waals surface area contributed by atoms with Crippen LogP contribution in [0, 0.1) is 0 Å². The van der Waals surface area contributed by atoms with Gasteiger partial charge in [0.15, 0.2) is 0 Å². The van der Waals surface area contributed by atoms with Gasteiger partial charge in [-0.25, -0.2) is 9.97 Å². The molecule has 1 aliphatic heterocycles. The number of nitrogens with one attached hydrogen (secondary N) is 1. The average molecular weight is 439 g/mol. The number of halogens is 3. The van der Waals surface area contributed by atoms with Crippen molar-refractivity contribution in [3.05, 3.63) is 47.9 Å². The van der Waals surface area contributed by atoms with Crippen molar-refractivity contribution < 1.29 is 18.0 Å². The summed E-state index contributed by atoms with van der Waals surface area (Å²) in [7, 11) is 0. The lowest BCUT2D eigenvalue weighted by Crippen LogP contribution is -2.45. The van der Waals surface area contributed by atoms with E-state index >= 15 is 0 Å². The van der Waals surface area contributed by atoms with Gasteiger partial charge in [-0.3, -0.25) is 4.79 Å². The highest BCUT2D eigenvalue weighted by Crippen LogP contribution is 2.29. The number of aromatic nitrogens is 2. The van der Waals surface area contributed by atoms with Crippen LogP contribution >= 0.6 is 11.8 Å². The number of carbonyl (C=O) groups excluding carboxylic acids is 1. The van der Waals surface area contributed by atoms with E-state index in [9.17, 15) is 18.0 Å². The number of alkyl halides is 3. The lowest BCUT2D eigenvalue weighted by Gasteiger charge is -2.33. The number of amides is 1. The fourth-order valence-corrected chi connectivity index (χ4v) is 4.19. The molecule has 1 N–H and O–H groups in total. The first-order valence-corrected chi connectivity index (χ1v) is 10.8. The predicted octanol–water partition coefficient (Wildman–Crippen LogP) is 4.32. The van der Waals surface area contributed by atoms with Gasteiger partial charge >= 0.3 is 6.18 Å². The highest BCUT2D eigenvalue weighted by atomic mass is 32.2. The molecule has 0 atom stereocenters. The smallest absolute Gasteiger partial charge is 0.356 e. The molecule has 3 rings (SSSR count). The van der Waals surface area contributed by atoms with Crippen molar-refractivity contribution in [1.82, 2.24) is 15.3 Å². The molecular formula is C21H25F3N4OS. The van der Waals surface area contributed by atoms with Crippen LogP contribution in [0.5, 0.6) is 0 Å². The van der Waals surface area contributed by atoms with Crippen LogP contribution in [0.2, 0.25) is 0 Å². The molecule has 0 unspecified atom stereocenters. The van der Waals surface area contributed by atoms with Crippen LogP contribution in [0.4, 0.5) is 19.0 Å². The number of hydrogen-bond donors (Lipinski definition) is 1. The third-order valence-electron chi connectivity index (χ3n) is 4.79. The Kier molecular flexibility index (Phi) is 7.23. The monoisotopic (exact) mass is 438 g/mol. The molecule has 0 aliphatic carbocycles. The van der Waals surface area contributed by atoms with Gasteiger partial charge in [-0.1, -0.05) is 26.0 Å². The molecule has 0 spiro atoms. The quantitative estimate of drug-likeness (QED) is 0.681. The van der Waals surface area contributed by atoms with E-state index in [0.29, 0.717) is 37.6 Å². The zero-order valence-electron chi connectivity index (χ0n) is 16.9. The lowest BCUT2D eigenvalue weighted by molar-refractivity contribution is -0.141. The number of rotatable bonds is 6. The van der Waals surface area contributed by atoms with Crippen LogP contribution in [0.15, 0.2) is 41.6 Å². The highest BCUT2D eigenvalue weighted by molar-refractivity contribution is 7.99. The summed E-state index contributed by atoms with van der Waals surface area (Å²) < 4.78 is 38.5. The number of piperidine rings is 1.